The third-order valence-corrected chi connectivity index (χ3v) is 4.93. The molecule has 0 unspecified atom stereocenters. The van der Waals surface area contributed by atoms with Crippen LogP contribution in [0.3, 0.4) is 0 Å². The molecule has 0 radical (unpaired) electrons. The number of carbonyl (C=O) groups is 1. The van der Waals surface area contributed by atoms with Crippen LogP contribution in [0.2, 0.25) is 5.02 Å². The summed E-state index contributed by atoms with van der Waals surface area (Å²) >= 11 is 7.07. The van der Waals surface area contributed by atoms with E-state index in [9.17, 15) is 4.79 Å². The number of thioether (sulfide) groups is 1. The first-order valence-corrected chi connectivity index (χ1v) is 9.33. The van der Waals surface area contributed by atoms with Crippen LogP contribution in [0.5, 0.6) is 5.75 Å². The van der Waals surface area contributed by atoms with Crippen molar-refractivity contribution in [2.24, 2.45) is 4.99 Å². The molecular weight excluding hydrogens is 400 g/mol. The van der Waals surface area contributed by atoms with Gasteiger partial charge in [0.2, 0.25) is 5.89 Å². The Balaban J connectivity index is 1.51. The van der Waals surface area contributed by atoms with E-state index < -0.39 is 0 Å². The smallest absolute Gasteiger partial charge is 0.345 e. The van der Waals surface area contributed by atoms with E-state index in [1.807, 2.05) is 24.3 Å². The standard InChI is InChI=1S/C19H13ClN4O3S/c1-26-14-8-2-11(3-9-14)10-15-16(25)21-19(28-15)22-18-24-23-17(27-18)12-4-6-13(20)7-5-12/h2-10H,1H3,(H,21,22,24,25). The topological polar surface area (TPSA) is 89.6 Å². The average molecular weight is 413 g/mol. The molecule has 4 rings (SSSR count). The molecule has 0 saturated carbocycles. The van der Waals surface area contributed by atoms with Crippen molar-refractivity contribution < 1.29 is 13.9 Å². The van der Waals surface area contributed by atoms with Gasteiger partial charge in [0.1, 0.15) is 5.75 Å². The van der Waals surface area contributed by atoms with Crippen LogP contribution in [0.4, 0.5) is 6.01 Å². The third kappa shape index (κ3) is 4.08. The first-order chi connectivity index (χ1) is 13.6. The van der Waals surface area contributed by atoms with Gasteiger partial charge in [0.15, 0.2) is 5.17 Å². The normalized spacial score (nSPS) is 16.6. The van der Waals surface area contributed by atoms with E-state index in [0.717, 1.165) is 16.9 Å². The lowest BCUT2D eigenvalue weighted by atomic mass is 10.2. The predicted molar refractivity (Wildman–Crippen MR) is 109 cm³/mol. The van der Waals surface area contributed by atoms with Crippen molar-refractivity contribution >= 4 is 46.5 Å². The van der Waals surface area contributed by atoms with Crippen molar-refractivity contribution in [3.05, 3.63) is 64.0 Å². The Morgan fingerprint density at radius 1 is 1.14 bits per heavy atom. The minimum Gasteiger partial charge on any atom is -0.497 e. The number of aromatic nitrogens is 2. The van der Waals surface area contributed by atoms with Gasteiger partial charge in [-0.3, -0.25) is 4.79 Å². The summed E-state index contributed by atoms with van der Waals surface area (Å²) < 4.78 is 10.7. The van der Waals surface area contributed by atoms with Crippen LogP contribution in [0.25, 0.3) is 17.5 Å². The summed E-state index contributed by atoms with van der Waals surface area (Å²) in [4.78, 5) is 16.9. The lowest BCUT2D eigenvalue weighted by molar-refractivity contribution is -0.115. The number of carbonyl (C=O) groups excluding carboxylic acids is 1. The maximum atomic E-state index is 12.2. The largest absolute Gasteiger partial charge is 0.497 e. The number of methoxy groups -OCH3 is 1. The van der Waals surface area contributed by atoms with E-state index in [-0.39, 0.29) is 11.9 Å². The molecule has 1 fully saturated rings. The quantitative estimate of drug-likeness (QED) is 0.643. The van der Waals surface area contributed by atoms with Gasteiger partial charge in [0.05, 0.1) is 12.0 Å². The molecule has 2 heterocycles. The molecule has 1 aromatic heterocycles. The number of nitrogens with one attached hydrogen (secondary N) is 1. The molecule has 1 saturated heterocycles. The molecule has 140 valence electrons. The van der Waals surface area contributed by atoms with Gasteiger partial charge in [0.25, 0.3) is 5.91 Å². The number of rotatable bonds is 4. The molecule has 1 amide bonds. The second-order valence-corrected chi connectivity index (χ2v) is 7.12. The molecule has 2 aromatic carbocycles. The zero-order chi connectivity index (χ0) is 19.5. The van der Waals surface area contributed by atoms with Crippen molar-refractivity contribution in [3.63, 3.8) is 0 Å². The number of amidine groups is 1. The fourth-order valence-corrected chi connectivity index (χ4v) is 3.33. The highest BCUT2D eigenvalue weighted by molar-refractivity contribution is 8.18. The summed E-state index contributed by atoms with van der Waals surface area (Å²) in [5.74, 6) is 0.831. The van der Waals surface area contributed by atoms with E-state index in [0.29, 0.717) is 21.0 Å². The fourth-order valence-electron chi connectivity index (χ4n) is 2.39. The zero-order valence-corrected chi connectivity index (χ0v) is 16.1. The van der Waals surface area contributed by atoms with E-state index in [1.54, 1.807) is 37.5 Å². The SMILES string of the molecule is COc1ccc(C=C2SC(=Nc3nnc(-c4ccc(Cl)cc4)o3)NC2=O)cc1. The van der Waals surface area contributed by atoms with Crippen LogP contribution in [-0.4, -0.2) is 28.4 Å². The van der Waals surface area contributed by atoms with Crippen LogP contribution in [0.1, 0.15) is 5.56 Å². The highest BCUT2D eigenvalue weighted by Gasteiger charge is 2.24. The van der Waals surface area contributed by atoms with Crippen LogP contribution in [0.15, 0.2) is 62.8 Å². The number of benzene rings is 2. The minimum atomic E-state index is -0.239. The number of hydrogen-bond acceptors (Lipinski definition) is 7. The predicted octanol–water partition coefficient (Wildman–Crippen LogP) is 4.29. The van der Waals surface area contributed by atoms with Crippen molar-refractivity contribution in [1.82, 2.24) is 15.5 Å². The molecule has 1 aliphatic rings. The monoisotopic (exact) mass is 412 g/mol. The summed E-state index contributed by atoms with van der Waals surface area (Å²) in [5.41, 5.74) is 1.61. The minimum absolute atomic E-state index is 0.0541. The Labute approximate surface area is 169 Å². The molecule has 3 aromatic rings. The molecule has 28 heavy (non-hydrogen) atoms. The lowest BCUT2D eigenvalue weighted by Crippen LogP contribution is -2.19. The molecule has 0 aliphatic carbocycles. The van der Waals surface area contributed by atoms with Crippen LogP contribution >= 0.6 is 23.4 Å². The number of halogens is 1. The Hall–Kier alpha value is -3.10. The maximum Gasteiger partial charge on any atom is 0.345 e. The number of ether oxygens (including phenoxy) is 1. The number of nitrogens with zero attached hydrogens (tertiary/aromatic N) is 3. The fraction of sp³-hybridized carbons (Fsp3) is 0.0526. The molecule has 1 aliphatic heterocycles. The molecule has 0 atom stereocenters. The molecular formula is C19H13ClN4O3S. The van der Waals surface area contributed by atoms with E-state index in [4.69, 9.17) is 20.8 Å². The van der Waals surface area contributed by atoms with Crippen molar-refractivity contribution in [1.29, 1.82) is 0 Å². The number of amides is 1. The molecule has 0 bridgehead atoms. The second-order valence-electron chi connectivity index (χ2n) is 5.65. The molecule has 1 N–H and O–H groups in total. The van der Waals surface area contributed by atoms with Crippen LogP contribution in [0, 0.1) is 0 Å². The van der Waals surface area contributed by atoms with Crippen molar-refractivity contribution in [2.75, 3.05) is 7.11 Å². The van der Waals surface area contributed by atoms with E-state index >= 15 is 0 Å². The Morgan fingerprint density at radius 2 is 1.89 bits per heavy atom. The Morgan fingerprint density at radius 3 is 2.61 bits per heavy atom. The summed E-state index contributed by atoms with van der Waals surface area (Å²) in [6, 6.07) is 14.5. The van der Waals surface area contributed by atoms with Crippen molar-refractivity contribution in [3.8, 4) is 17.2 Å². The number of aliphatic imine (C=N–C) groups is 1. The summed E-state index contributed by atoms with van der Waals surface area (Å²) in [5, 5.41) is 11.5. The zero-order valence-electron chi connectivity index (χ0n) is 14.5. The van der Waals surface area contributed by atoms with Crippen LogP contribution in [-0.2, 0) is 4.79 Å². The highest BCUT2D eigenvalue weighted by Crippen LogP contribution is 2.29. The first-order valence-electron chi connectivity index (χ1n) is 8.14. The lowest BCUT2D eigenvalue weighted by Gasteiger charge is -1.99. The third-order valence-electron chi connectivity index (χ3n) is 3.77. The Bertz CT molecular complexity index is 1080. The molecule has 0 spiro atoms. The van der Waals surface area contributed by atoms with E-state index in [2.05, 4.69) is 20.5 Å². The first kappa shape index (κ1) is 18.3. The second kappa shape index (κ2) is 7.87. The van der Waals surface area contributed by atoms with E-state index in [1.165, 1.54) is 11.8 Å². The Kier molecular flexibility index (Phi) is 5.14. The summed E-state index contributed by atoms with van der Waals surface area (Å²) in [6.45, 7) is 0. The van der Waals surface area contributed by atoms with Gasteiger partial charge in [-0.15, -0.1) is 5.10 Å². The molecule has 9 heteroatoms. The van der Waals surface area contributed by atoms with Gasteiger partial charge >= 0.3 is 6.01 Å². The number of hydrogen-bond donors (Lipinski definition) is 1. The van der Waals surface area contributed by atoms with Crippen LogP contribution < -0.4 is 10.1 Å². The van der Waals surface area contributed by atoms with Gasteiger partial charge in [-0.25, -0.2) is 0 Å². The van der Waals surface area contributed by atoms with Crippen molar-refractivity contribution in [2.45, 2.75) is 0 Å². The van der Waals surface area contributed by atoms with Gasteiger partial charge < -0.3 is 14.5 Å². The molecule has 7 nitrogen and oxygen atoms in total. The van der Waals surface area contributed by atoms with Gasteiger partial charge in [-0.2, -0.15) is 4.99 Å². The summed E-state index contributed by atoms with van der Waals surface area (Å²) in [6.07, 6.45) is 1.77. The van der Waals surface area contributed by atoms with Gasteiger partial charge in [-0.1, -0.05) is 28.8 Å². The van der Waals surface area contributed by atoms with Gasteiger partial charge in [0, 0.05) is 10.6 Å². The summed E-state index contributed by atoms with van der Waals surface area (Å²) in [7, 11) is 1.60. The maximum absolute atomic E-state index is 12.2. The average Bonchev–Trinajstić information content (AvgIpc) is 3.30. The van der Waals surface area contributed by atoms with Gasteiger partial charge in [-0.05, 0) is 59.8 Å². The highest BCUT2D eigenvalue weighted by atomic mass is 35.5.